The van der Waals surface area contributed by atoms with Crippen LogP contribution in [0.15, 0.2) is 0 Å². The van der Waals surface area contributed by atoms with E-state index in [0.717, 1.165) is 0 Å². The molecular weight excluding hydrogens is 198 g/mol. The maximum Gasteiger partial charge on any atom is 0.120 e. The molecule has 3 rings (SSSR count). The number of hydrogen-bond donors (Lipinski definition) is 1. The smallest absolute Gasteiger partial charge is 0.120 e. The maximum atomic E-state index is 6.47. The summed E-state index contributed by atoms with van der Waals surface area (Å²) in [5.41, 5.74) is 1.01. The molecule has 1 unspecified atom stereocenters. The van der Waals surface area contributed by atoms with Crippen LogP contribution in [-0.4, -0.2) is 18.4 Å². The Labute approximate surface area is 99.1 Å². The molecule has 2 aliphatic carbocycles. The Hall–Kier alpha value is -0.0800. The van der Waals surface area contributed by atoms with Crippen LogP contribution in [0.3, 0.4) is 0 Å². The van der Waals surface area contributed by atoms with Crippen molar-refractivity contribution < 1.29 is 4.74 Å². The van der Waals surface area contributed by atoms with Crippen LogP contribution in [-0.2, 0) is 4.74 Å². The second-order valence-corrected chi connectivity index (χ2v) is 7.51. The van der Waals surface area contributed by atoms with Gasteiger partial charge in [0.1, 0.15) is 5.72 Å². The summed E-state index contributed by atoms with van der Waals surface area (Å²) in [4.78, 5) is 0. The average Bonchev–Trinajstić information content (AvgIpc) is 2.87. The molecule has 3 fully saturated rings. The summed E-state index contributed by atoms with van der Waals surface area (Å²) in [7, 11) is 0. The maximum absolute atomic E-state index is 6.47. The lowest BCUT2D eigenvalue weighted by molar-refractivity contribution is -0.254. The van der Waals surface area contributed by atoms with Gasteiger partial charge in [-0.15, -0.1) is 0 Å². The van der Waals surface area contributed by atoms with E-state index in [9.17, 15) is 0 Å². The van der Waals surface area contributed by atoms with E-state index >= 15 is 0 Å². The highest BCUT2D eigenvalue weighted by Crippen LogP contribution is 2.59. The van der Waals surface area contributed by atoms with Gasteiger partial charge in [0.15, 0.2) is 0 Å². The molecule has 2 saturated carbocycles. The fraction of sp³-hybridized carbons (Fsp3) is 1.00. The zero-order valence-corrected chi connectivity index (χ0v) is 11.1. The predicted octanol–water partition coefficient (Wildman–Crippen LogP) is 2.93. The minimum atomic E-state index is 0.0340. The molecule has 2 heteroatoms. The van der Waals surface area contributed by atoms with E-state index < -0.39 is 0 Å². The monoisotopic (exact) mass is 223 g/mol. The van der Waals surface area contributed by atoms with Crippen molar-refractivity contribution in [1.82, 2.24) is 5.32 Å². The summed E-state index contributed by atoms with van der Waals surface area (Å²) in [5.74, 6) is 0.658. The fourth-order valence-corrected chi connectivity index (χ4v) is 4.02. The Morgan fingerprint density at radius 1 is 1.19 bits per heavy atom. The highest BCUT2D eigenvalue weighted by atomic mass is 16.5. The molecule has 0 amide bonds. The SMILES string of the molecule is CC(C)C1OC2(CC(C)(C)C2)NCC12CC2. The van der Waals surface area contributed by atoms with E-state index in [4.69, 9.17) is 4.74 Å². The molecule has 1 saturated heterocycles. The van der Waals surface area contributed by atoms with Crippen LogP contribution in [0.25, 0.3) is 0 Å². The van der Waals surface area contributed by atoms with Gasteiger partial charge in [-0.25, -0.2) is 0 Å². The van der Waals surface area contributed by atoms with Gasteiger partial charge >= 0.3 is 0 Å². The highest BCUT2D eigenvalue weighted by Gasteiger charge is 2.61. The Kier molecular flexibility index (Phi) is 2.09. The van der Waals surface area contributed by atoms with Gasteiger partial charge in [0.25, 0.3) is 0 Å². The van der Waals surface area contributed by atoms with Gasteiger partial charge in [-0.3, -0.25) is 5.32 Å². The van der Waals surface area contributed by atoms with Crippen LogP contribution in [0, 0.1) is 16.7 Å². The van der Waals surface area contributed by atoms with Crippen LogP contribution in [0.2, 0.25) is 0 Å². The molecule has 2 nitrogen and oxygen atoms in total. The summed E-state index contributed by atoms with van der Waals surface area (Å²) in [5, 5.41) is 3.70. The lowest BCUT2D eigenvalue weighted by atomic mass is 9.64. The third-order valence-corrected chi connectivity index (χ3v) is 4.74. The molecule has 0 aromatic carbocycles. The minimum absolute atomic E-state index is 0.0340. The molecule has 2 spiro atoms. The first kappa shape index (κ1) is 11.0. The normalized spacial score (nSPS) is 37.7. The minimum Gasteiger partial charge on any atom is -0.356 e. The molecule has 0 aromatic heterocycles. The van der Waals surface area contributed by atoms with Crippen molar-refractivity contribution in [3.05, 3.63) is 0 Å². The van der Waals surface area contributed by atoms with Crippen LogP contribution in [0.1, 0.15) is 53.4 Å². The van der Waals surface area contributed by atoms with Gasteiger partial charge in [-0.1, -0.05) is 27.7 Å². The average molecular weight is 223 g/mol. The third kappa shape index (κ3) is 1.53. The molecule has 0 aromatic rings. The fourth-order valence-electron chi connectivity index (χ4n) is 4.02. The van der Waals surface area contributed by atoms with Gasteiger partial charge < -0.3 is 4.74 Å². The molecule has 1 atom stereocenters. The van der Waals surface area contributed by atoms with E-state index in [1.807, 2.05) is 0 Å². The zero-order chi connectivity index (χ0) is 11.6. The number of nitrogens with one attached hydrogen (secondary N) is 1. The first-order valence-corrected chi connectivity index (χ1v) is 6.79. The molecule has 16 heavy (non-hydrogen) atoms. The van der Waals surface area contributed by atoms with Crippen molar-refractivity contribution in [3.8, 4) is 0 Å². The van der Waals surface area contributed by atoms with E-state index in [1.54, 1.807) is 0 Å². The Morgan fingerprint density at radius 3 is 2.25 bits per heavy atom. The molecule has 0 radical (unpaired) electrons. The van der Waals surface area contributed by atoms with Crippen LogP contribution >= 0.6 is 0 Å². The summed E-state index contributed by atoms with van der Waals surface area (Å²) in [6, 6.07) is 0. The summed E-state index contributed by atoms with van der Waals surface area (Å²) < 4.78 is 6.47. The van der Waals surface area contributed by atoms with E-state index in [0.29, 0.717) is 22.9 Å². The van der Waals surface area contributed by atoms with Crippen molar-refractivity contribution >= 4 is 0 Å². The van der Waals surface area contributed by atoms with Gasteiger partial charge in [0.05, 0.1) is 6.10 Å². The second kappa shape index (κ2) is 3.02. The van der Waals surface area contributed by atoms with Gasteiger partial charge in [0.2, 0.25) is 0 Å². The lowest BCUT2D eigenvalue weighted by Crippen LogP contribution is -2.68. The van der Waals surface area contributed by atoms with Crippen molar-refractivity contribution in [1.29, 1.82) is 0 Å². The third-order valence-electron chi connectivity index (χ3n) is 4.74. The number of rotatable bonds is 1. The first-order valence-electron chi connectivity index (χ1n) is 6.79. The lowest BCUT2D eigenvalue weighted by Gasteiger charge is -2.59. The Bertz CT molecular complexity index is 296. The van der Waals surface area contributed by atoms with E-state index in [2.05, 4.69) is 33.0 Å². The van der Waals surface area contributed by atoms with Crippen molar-refractivity contribution in [3.63, 3.8) is 0 Å². The topological polar surface area (TPSA) is 21.3 Å². The molecule has 1 N–H and O–H groups in total. The van der Waals surface area contributed by atoms with Gasteiger partial charge in [-0.05, 0) is 37.0 Å². The zero-order valence-electron chi connectivity index (χ0n) is 11.1. The molecule has 1 heterocycles. The molecule has 1 aliphatic heterocycles. The summed E-state index contributed by atoms with van der Waals surface area (Å²) >= 11 is 0. The number of ether oxygens (including phenoxy) is 1. The molecule has 92 valence electrons. The van der Waals surface area contributed by atoms with Gasteiger partial charge in [0, 0.05) is 12.0 Å². The highest BCUT2D eigenvalue weighted by molar-refractivity contribution is 5.11. The van der Waals surface area contributed by atoms with Crippen LogP contribution < -0.4 is 5.32 Å². The second-order valence-electron chi connectivity index (χ2n) is 7.51. The van der Waals surface area contributed by atoms with Gasteiger partial charge in [-0.2, -0.15) is 0 Å². The first-order chi connectivity index (χ1) is 7.37. The quantitative estimate of drug-likeness (QED) is 0.738. The van der Waals surface area contributed by atoms with Crippen LogP contribution in [0.5, 0.6) is 0 Å². The Morgan fingerprint density at radius 2 is 1.81 bits per heavy atom. The largest absolute Gasteiger partial charge is 0.356 e. The van der Waals surface area contributed by atoms with Crippen LogP contribution in [0.4, 0.5) is 0 Å². The molecular formula is C14H25NO. The molecule has 0 bridgehead atoms. The summed E-state index contributed by atoms with van der Waals surface area (Å²) in [6.45, 7) is 10.5. The van der Waals surface area contributed by atoms with Crippen molar-refractivity contribution in [2.24, 2.45) is 16.7 Å². The van der Waals surface area contributed by atoms with Crippen molar-refractivity contribution in [2.45, 2.75) is 65.2 Å². The predicted molar refractivity (Wildman–Crippen MR) is 65.1 cm³/mol. The molecule has 3 aliphatic rings. The van der Waals surface area contributed by atoms with E-state index in [-0.39, 0.29) is 5.72 Å². The summed E-state index contributed by atoms with van der Waals surface area (Å²) in [6.07, 6.45) is 5.58. The van der Waals surface area contributed by atoms with Crippen molar-refractivity contribution in [2.75, 3.05) is 6.54 Å². The Balaban J connectivity index is 1.73. The standard InChI is InChI=1S/C14H25NO/c1-10(2)11-13(5-6-13)9-15-14(16-11)7-12(3,4)8-14/h10-11,15H,5-9H2,1-4H3. The number of hydrogen-bond acceptors (Lipinski definition) is 2. The van der Waals surface area contributed by atoms with E-state index in [1.165, 1.54) is 32.2 Å².